The lowest BCUT2D eigenvalue weighted by Crippen LogP contribution is -2.36. The monoisotopic (exact) mass is 278 g/mol. The van der Waals surface area contributed by atoms with E-state index < -0.39 is 0 Å². The van der Waals surface area contributed by atoms with Gasteiger partial charge in [0.1, 0.15) is 0 Å². The minimum atomic E-state index is -0.332. The third kappa shape index (κ3) is 4.72. The van der Waals surface area contributed by atoms with Gasteiger partial charge in [0, 0.05) is 32.2 Å². The molecular formula is C12H23ClN2O3. The Morgan fingerprint density at radius 3 is 2.83 bits per heavy atom. The van der Waals surface area contributed by atoms with Gasteiger partial charge in [-0.15, -0.1) is 12.4 Å². The molecule has 2 fully saturated rings. The van der Waals surface area contributed by atoms with Crippen LogP contribution in [0.25, 0.3) is 0 Å². The van der Waals surface area contributed by atoms with E-state index in [1.165, 1.54) is 0 Å². The number of hydrogen-bond acceptors (Lipinski definition) is 4. The fraction of sp³-hybridized carbons (Fsp3) is 0.917. The molecule has 2 aliphatic heterocycles. The number of β-amino-alcohol motifs (C(OH)–C–C–N with tert-alkyl or cyclic N) is 1. The Balaban J connectivity index is 0.00000162. The molecule has 1 amide bonds. The molecule has 18 heavy (non-hydrogen) atoms. The number of ether oxygens (including phenoxy) is 1. The SMILES string of the molecule is Cl.O=C(CC1CCCCO1)NCC1CNCC1O. The standard InChI is InChI=1S/C12H22N2O3.ClH/c15-11-8-13-6-9(11)7-14-12(16)5-10-3-1-2-4-17-10;/h9-11,13,15H,1-8H2,(H,14,16);1H. The predicted molar refractivity (Wildman–Crippen MR) is 70.8 cm³/mol. The van der Waals surface area contributed by atoms with Crippen LogP contribution < -0.4 is 10.6 Å². The van der Waals surface area contributed by atoms with E-state index in [0.29, 0.717) is 19.5 Å². The highest BCUT2D eigenvalue weighted by atomic mass is 35.5. The normalized spacial score (nSPS) is 31.7. The number of aliphatic hydroxyl groups is 1. The molecule has 0 aromatic carbocycles. The van der Waals surface area contributed by atoms with Crippen molar-refractivity contribution in [3.8, 4) is 0 Å². The van der Waals surface area contributed by atoms with Gasteiger partial charge in [-0.25, -0.2) is 0 Å². The van der Waals surface area contributed by atoms with Crippen LogP contribution in [0, 0.1) is 5.92 Å². The first-order valence-corrected chi connectivity index (χ1v) is 6.53. The van der Waals surface area contributed by atoms with Gasteiger partial charge in [0.2, 0.25) is 5.91 Å². The summed E-state index contributed by atoms with van der Waals surface area (Å²) in [7, 11) is 0. The predicted octanol–water partition coefficient (Wildman–Crippen LogP) is 0.0639. The van der Waals surface area contributed by atoms with Crippen molar-refractivity contribution in [2.24, 2.45) is 5.92 Å². The van der Waals surface area contributed by atoms with Gasteiger partial charge in [-0.1, -0.05) is 0 Å². The van der Waals surface area contributed by atoms with Crippen molar-refractivity contribution < 1.29 is 14.6 Å². The third-order valence-electron chi connectivity index (χ3n) is 3.55. The van der Waals surface area contributed by atoms with Crippen LogP contribution in [0.3, 0.4) is 0 Å². The second-order valence-corrected chi connectivity index (χ2v) is 4.98. The Hall–Kier alpha value is -0.360. The van der Waals surface area contributed by atoms with Crippen molar-refractivity contribution in [2.75, 3.05) is 26.2 Å². The topological polar surface area (TPSA) is 70.6 Å². The fourth-order valence-corrected chi connectivity index (χ4v) is 2.42. The van der Waals surface area contributed by atoms with E-state index in [-0.39, 0.29) is 36.4 Å². The quantitative estimate of drug-likeness (QED) is 0.680. The molecule has 106 valence electrons. The van der Waals surface area contributed by atoms with Crippen molar-refractivity contribution in [3.05, 3.63) is 0 Å². The Bertz CT molecular complexity index is 260. The molecule has 2 saturated heterocycles. The lowest BCUT2D eigenvalue weighted by atomic mass is 10.0. The molecule has 0 spiro atoms. The van der Waals surface area contributed by atoms with Gasteiger partial charge in [-0.3, -0.25) is 4.79 Å². The molecule has 0 aromatic rings. The summed E-state index contributed by atoms with van der Waals surface area (Å²) >= 11 is 0. The number of carbonyl (C=O) groups excluding carboxylic acids is 1. The summed E-state index contributed by atoms with van der Waals surface area (Å²) in [5, 5.41) is 15.6. The first kappa shape index (κ1) is 15.7. The molecule has 3 unspecified atom stereocenters. The molecular weight excluding hydrogens is 256 g/mol. The maximum atomic E-state index is 11.7. The largest absolute Gasteiger partial charge is 0.391 e. The minimum Gasteiger partial charge on any atom is -0.391 e. The van der Waals surface area contributed by atoms with Gasteiger partial charge in [-0.05, 0) is 19.3 Å². The zero-order valence-electron chi connectivity index (χ0n) is 10.6. The van der Waals surface area contributed by atoms with Crippen molar-refractivity contribution >= 4 is 18.3 Å². The Kier molecular flexibility index (Phi) is 6.92. The first-order valence-electron chi connectivity index (χ1n) is 6.53. The van der Waals surface area contributed by atoms with Crippen LogP contribution in [0.1, 0.15) is 25.7 Å². The van der Waals surface area contributed by atoms with Gasteiger partial charge in [0.05, 0.1) is 18.6 Å². The van der Waals surface area contributed by atoms with Gasteiger partial charge in [0.15, 0.2) is 0 Å². The molecule has 0 radical (unpaired) electrons. The Morgan fingerprint density at radius 1 is 1.39 bits per heavy atom. The van der Waals surface area contributed by atoms with Crippen LogP contribution >= 0.6 is 12.4 Å². The van der Waals surface area contributed by atoms with Crippen molar-refractivity contribution in [3.63, 3.8) is 0 Å². The van der Waals surface area contributed by atoms with Crippen LogP contribution in [0.15, 0.2) is 0 Å². The maximum Gasteiger partial charge on any atom is 0.222 e. The van der Waals surface area contributed by atoms with Crippen LogP contribution in [-0.2, 0) is 9.53 Å². The highest BCUT2D eigenvalue weighted by Crippen LogP contribution is 2.15. The summed E-state index contributed by atoms with van der Waals surface area (Å²) in [5.41, 5.74) is 0. The van der Waals surface area contributed by atoms with Gasteiger partial charge < -0.3 is 20.5 Å². The number of aliphatic hydroxyl groups excluding tert-OH is 1. The second kappa shape index (κ2) is 7.94. The molecule has 2 aliphatic rings. The fourth-order valence-electron chi connectivity index (χ4n) is 2.42. The van der Waals surface area contributed by atoms with Gasteiger partial charge >= 0.3 is 0 Å². The summed E-state index contributed by atoms with van der Waals surface area (Å²) in [6, 6.07) is 0. The number of hydrogen-bond donors (Lipinski definition) is 3. The number of halogens is 1. The van der Waals surface area contributed by atoms with E-state index in [4.69, 9.17) is 4.74 Å². The van der Waals surface area contributed by atoms with Crippen LogP contribution in [-0.4, -0.2) is 49.5 Å². The smallest absolute Gasteiger partial charge is 0.222 e. The number of amides is 1. The highest BCUT2D eigenvalue weighted by molar-refractivity contribution is 5.85. The number of carbonyl (C=O) groups is 1. The lowest BCUT2D eigenvalue weighted by Gasteiger charge is -2.22. The van der Waals surface area contributed by atoms with E-state index in [1.54, 1.807) is 0 Å². The summed E-state index contributed by atoms with van der Waals surface area (Å²) < 4.78 is 5.52. The highest BCUT2D eigenvalue weighted by Gasteiger charge is 2.25. The van der Waals surface area contributed by atoms with Crippen LogP contribution in [0.5, 0.6) is 0 Å². The molecule has 3 atom stereocenters. The van der Waals surface area contributed by atoms with E-state index in [1.807, 2.05) is 0 Å². The molecule has 0 bridgehead atoms. The van der Waals surface area contributed by atoms with Gasteiger partial charge in [0.25, 0.3) is 0 Å². The molecule has 2 heterocycles. The summed E-state index contributed by atoms with van der Waals surface area (Å²) in [5.74, 6) is 0.183. The zero-order valence-corrected chi connectivity index (χ0v) is 11.4. The minimum absolute atomic E-state index is 0. The Labute approximate surface area is 114 Å². The van der Waals surface area contributed by atoms with E-state index in [0.717, 1.165) is 32.4 Å². The molecule has 5 nitrogen and oxygen atoms in total. The molecule has 3 N–H and O–H groups in total. The maximum absolute atomic E-state index is 11.7. The summed E-state index contributed by atoms with van der Waals surface area (Å²) in [6.45, 7) is 2.75. The molecule has 0 aliphatic carbocycles. The zero-order chi connectivity index (χ0) is 12.1. The van der Waals surface area contributed by atoms with Crippen molar-refractivity contribution in [1.82, 2.24) is 10.6 Å². The van der Waals surface area contributed by atoms with E-state index in [2.05, 4.69) is 10.6 Å². The number of nitrogens with one attached hydrogen (secondary N) is 2. The molecule has 0 aromatic heterocycles. The van der Waals surface area contributed by atoms with E-state index in [9.17, 15) is 9.90 Å². The summed E-state index contributed by atoms with van der Waals surface area (Å²) in [4.78, 5) is 11.7. The lowest BCUT2D eigenvalue weighted by molar-refractivity contribution is -0.125. The number of rotatable bonds is 4. The molecule has 6 heteroatoms. The molecule has 0 saturated carbocycles. The average molecular weight is 279 g/mol. The second-order valence-electron chi connectivity index (χ2n) is 4.98. The summed E-state index contributed by atoms with van der Waals surface area (Å²) in [6.07, 6.45) is 3.47. The van der Waals surface area contributed by atoms with Gasteiger partial charge in [-0.2, -0.15) is 0 Å². The van der Waals surface area contributed by atoms with E-state index >= 15 is 0 Å². The van der Waals surface area contributed by atoms with Crippen molar-refractivity contribution in [1.29, 1.82) is 0 Å². The Morgan fingerprint density at radius 2 is 2.22 bits per heavy atom. The first-order chi connectivity index (χ1) is 8.25. The third-order valence-corrected chi connectivity index (χ3v) is 3.55. The van der Waals surface area contributed by atoms with Crippen LogP contribution in [0.4, 0.5) is 0 Å². The molecule has 2 rings (SSSR count). The van der Waals surface area contributed by atoms with Crippen LogP contribution in [0.2, 0.25) is 0 Å². The average Bonchev–Trinajstić information content (AvgIpc) is 2.74. The van der Waals surface area contributed by atoms with Crippen molar-refractivity contribution in [2.45, 2.75) is 37.9 Å².